The number of carbonyl (C=O) groups excluding carboxylic acids is 1. The van der Waals surface area contributed by atoms with Gasteiger partial charge in [0.15, 0.2) is 0 Å². The van der Waals surface area contributed by atoms with Gasteiger partial charge in [0.2, 0.25) is 0 Å². The average molecular weight is 184 g/mol. The maximum Gasteiger partial charge on any atom is 0.252 e. The Hall–Kier alpha value is -0.610. The molecule has 0 radical (unpaired) electrons. The minimum absolute atomic E-state index is 0.0734. The van der Waals surface area contributed by atoms with Gasteiger partial charge >= 0.3 is 0 Å². The standard InChI is InChI=1S/C9H16N2O2/c1-11(13-2)8(12)9-3-4-10-6-7(9)5-9/h7,10H,3-6H2,1-2H3. The lowest BCUT2D eigenvalue weighted by Gasteiger charge is -2.25. The van der Waals surface area contributed by atoms with E-state index in [1.807, 2.05) is 0 Å². The number of piperidine rings is 1. The first-order valence-corrected chi connectivity index (χ1v) is 4.74. The van der Waals surface area contributed by atoms with Crippen LogP contribution in [0, 0.1) is 11.3 Å². The highest BCUT2D eigenvalue weighted by Gasteiger charge is 2.61. The molecule has 1 heterocycles. The fourth-order valence-electron chi connectivity index (χ4n) is 2.31. The number of nitrogens with one attached hydrogen (secondary N) is 1. The molecule has 0 aromatic carbocycles. The van der Waals surface area contributed by atoms with Crippen molar-refractivity contribution in [1.29, 1.82) is 0 Å². The molecule has 0 aromatic heterocycles. The van der Waals surface area contributed by atoms with Gasteiger partial charge in [0.25, 0.3) is 5.91 Å². The quantitative estimate of drug-likeness (QED) is 0.614. The predicted molar refractivity (Wildman–Crippen MR) is 47.8 cm³/mol. The van der Waals surface area contributed by atoms with Crippen LogP contribution in [0.1, 0.15) is 12.8 Å². The molecule has 74 valence electrons. The summed E-state index contributed by atoms with van der Waals surface area (Å²) in [5.41, 5.74) is -0.0734. The van der Waals surface area contributed by atoms with Crippen LogP contribution in [-0.2, 0) is 9.63 Å². The lowest BCUT2D eigenvalue weighted by Crippen LogP contribution is -2.40. The van der Waals surface area contributed by atoms with E-state index >= 15 is 0 Å². The van der Waals surface area contributed by atoms with E-state index in [9.17, 15) is 4.79 Å². The monoisotopic (exact) mass is 184 g/mol. The first-order valence-electron chi connectivity index (χ1n) is 4.74. The zero-order valence-electron chi connectivity index (χ0n) is 8.17. The Kier molecular flexibility index (Phi) is 2.04. The molecule has 0 bridgehead atoms. The highest BCUT2D eigenvalue weighted by Crippen LogP contribution is 2.57. The third-order valence-electron chi connectivity index (χ3n) is 3.36. The Balaban J connectivity index is 2.04. The molecule has 1 aliphatic carbocycles. The molecule has 2 atom stereocenters. The van der Waals surface area contributed by atoms with Crippen molar-refractivity contribution in [1.82, 2.24) is 10.4 Å². The van der Waals surface area contributed by atoms with E-state index in [2.05, 4.69) is 5.32 Å². The van der Waals surface area contributed by atoms with Crippen LogP contribution in [0.25, 0.3) is 0 Å². The zero-order chi connectivity index (χ0) is 9.47. The smallest absolute Gasteiger partial charge is 0.252 e. The molecule has 4 heteroatoms. The highest BCUT2D eigenvalue weighted by molar-refractivity contribution is 5.85. The topological polar surface area (TPSA) is 41.6 Å². The van der Waals surface area contributed by atoms with E-state index < -0.39 is 0 Å². The Bertz CT molecular complexity index is 232. The van der Waals surface area contributed by atoms with Crippen molar-refractivity contribution in [3.63, 3.8) is 0 Å². The molecule has 0 spiro atoms. The lowest BCUT2D eigenvalue weighted by atomic mass is 9.95. The van der Waals surface area contributed by atoms with Gasteiger partial charge in [0, 0.05) is 7.05 Å². The first kappa shape index (κ1) is 8.97. The van der Waals surface area contributed by atoms with Crippen molar-refractivity contribution in [3.8, 4) is 0 Å². The number of hydroxylamine groups is 2. The number of carbonyl (C=O) groups is 1. The van der Waals surface area contributed by atoms with Crippen LogP contribution in [-0.4, -0.2) is 38.2 Å². The largest absolute Gasteiger partial charge is 0.316 e. The molecule has 1 aliphatic heterocycles. The second-order valence-electron chi connectivity index (χ2n) is 4.00. The maximum atomic E-state index is 11.9. The third-order valence-corrected chi connectivity index (χ3v) is 3.36. The SMILES string of the molecule is CON(C)C(=O)C12CCNCC1C2. The molecule has 2 fully saturated rings. The molecule has 1 amide bonds. The molecular formula is C9H16N2O2. The minimum Gasteiger partial charge on any atom is -0.316 e. The third kappa shape index (κ3) is 1.25. The average Bonchev–Trinajstić information content (AvgIpc) is 2.90. The molecule has 13 heavy (non-hydrogen) atoms. The van der Waals surface area contributed by atoms with Crippen molar-refractivity contribution in [2.24, 2.45) is 11.3 Å². The van der Waals surface area contributed by atoms with Crippen LogP contribution < -0.4 is 5.32 Å². The minimum atomic E-state index is -0.0734. The molecule has 4 nitrogen and oxygen atoms in total. The summed E-state index contributed by atoms with van der Waals surface area (Å²) in [5, 5.41) is 4.67. The molecule has 1 saturated carbocycles. The Morgan fingerprint density at radius 3 is 3.08 bits per heavy atom. The van der Waals surface area contributed by atoms with E-state index in [1.54, 1.807) is 7.05 Å². The normalized spacial score (nSPS) is 36.6. The number of hydrogen-bond acceptors (Lipinski definition) is 3. The molecular weight excluding hydrogens is 168 g/mol. The maximum absolute atomic E-state index is 11.9. The van der Waals surface area contributed by atoms with E-state index in [0.717, 1.165) is 25.9 Å². The molecule has 1 N–H and O–H groups in total. The Morgan fingerprint density at radius 2 is 2.46 bits per heavy atom. The summed E-state index contributed by atoms with van der Waals surface area (Å²) in [7, 11) is 3.22. The molecule has 0 aromatic rings. The van der Waals surface area contributed by atoms with E-state index in [1.165, 1.54) is 12.2 Å². The summed E-state index contributed by atoms with van der Waals surface area (Å²) in [4.78, 5) is 16.8. The van der Waals surface area contributed by atoms with Gasteiger partial charge in [-0.25, -0.2) is 5.06 Å². The lowest BCUT2D eigenvalue weighted by molar-refractivity contribution is -0.176. The molecule has 2 rings (SSSR count). The van der Waals surface area contributed by atoms with Gasteiger partial charge in [-0.15, -0.1) is 0 Å². The fraction of sp³-hybridized carbons (Fsp3) is 0.889. The first-order chi connectivity index (χ1) is 6.20. The van der Waals surface area contributed by atoms with Gasteiger partial charge in [-0.1, -0.05) is 0 Å². The van der Waals surface area contributed by atoms with E-state index in [-0.39, 0.29) is 11.3 Å². The van der Waals surface area contributed by atoms with Crippen molar-refractivity contribution in [3.05, 3.63) is 0 Å². The van der Waals surface area contributed by atoms with Crippen LogP contribution in [0.3, 0.4) is 0 Å². The van der Waals surface area contributed by atoms with Crippen LogP contribution in [0.15, 0.2) is 0 Å². The summed E-state index contributed by atoms with van der Waals surface area (Å²) in [6, 6.07) is 0. The molecule has 2 aliphatic rings. The summed E-state index contributed by atoms with van der Waals surface area (Å²) >= 11 is 0. The van der Waals surface area contributed by atoms with Crippen LogP contribution >= 0.6 is 0 Å². The summed E-state index contributed by atoms with van der Waals surface area (Å²) < 4.78 is 0. The van der Waals surface area contributed by atoms with Gasteiger partial charge in [-0.2, -0.15) is 0 Å². The van der Waals surface area contributed by atoms with E-state index in [0.29, 0.717) is 5.92 Å². The number of amides is 1. The van der Waals surface area contributed by atoms with E-state index in [4.69, 9.17) is 4.84 Å². The predicted octanol–water partition coefficient (Wildman–Crippen LogP) is 0.00580. The van der Waals surface area contributed by atoms with Gasteiger partial charge in [0.1, 0.15) is 0 Å². The molecule has 2 unspecified atom stereocenters. The number of nitrogens with zero attached hydrogens (tertiary/aromatic N) is 1. The zero-order valence-corrected chi connectivity index (χ0v) is 8.17. The van der Waals surface area contributed by atoms with Crippen LogP contribution in [0.5, 0.6) is 0 Å². The fourth-order valence-corrected chi connectivity index (χ4v) is 2.31. The van der Waals surface area contributed by atoms with Gasteiger partial charge in [0.05, 0.1) is 12.5 Å². The number of fused-ring (bicyclic) bond motifs is 1. The number of rotatable bonds is 2. The second kappa shape index (κ2) is 2.96. The van der Waals surface area contributed by atoms with Crippen molar-refractivity contribution < 1.29 is 9.63 Å². The van der Waals surface area contributed by atoms with Crippen LogP contribution in [0.2, 0.25) is 0 Å². The number of hydrogen-bond donors (Lipinski definition) is 1. The summed E-state index contributed by atoms with van der Waals surface area (Å²) in [6.45, 7) is 1.95. The summed E-state index contributed by atoms with van der Waals surface area (Å²) in [6.07, 6.45) is 2.00. The van der Waals surface area contributed by atoms with Gasteiger partial charge < -0.3 is 5.32 Å². The summed E-state index contributed by atoms with van der Waals surface area (Å²) in [5.74, 6) is 0.702. The van der Waals surface area contributed by atoms with Crippen molar-refractivity contribution >= 4 is 5.91 Å². The van der Waals surface area contributed by atoms with Gasteiger partial charge in [-0.05, 0) is 31.8 Å². The van der Waals surface area contributed by atoms with Crippen molar-refractivity contribution in [2.75, 3.05) is 27.2 Å². The highest BCUT2D eigenvalue weighted by atomic mass is 16.7. The van der Waals surface area contributed by atoms with Gasteiger partial charge in [-0.3, -0.25) is 9.63 Å². The Labute approximate surface area is 78.2 Å². The van der Waals surface area contributed by atoms with Crippen LogP contribution in [0.4, 0.5) is 0 Å². The Morgan fingerprint density at radius 1 is 1.69 bits per heavy atom. The second-order valence-corrected chi connectivity index (χ2v) is 4.00. The molecule has 1 saturated heterocycles. The van der Waals surface area contributed by atoms with Crippen molar-refractivity contribution in [2.45, 2.75) is 12.8 Å².